The molecular weight excluding hydrogens is 266 g/mol. The van der Waals surface area contributed by atoms with E-state index in [-0.39, 0.29) is 0 Å². The highest BCUT2D eigenvalue weighted by atomic mass is 16.5. The first-order valence-corrected chi connectivity index (χ1v) is 8.89. The molecule has 4 heteroatoms. The second-order valence-corrected chi connectivity index (χ2v) is 6.35. The van der Waals surface area contributed by atoms with Gasteiger partial charge in [0, 0.05) is 19.7 Å². The fourth-order valence-electron chi connectivity index (χ4n) is 2.95. The van der Waals surface area contributed by atoms with Crippen molar-refractivity contribution in [3.8, 4) is 0 Å². The summed E-state index contributed by atoms with van der Waals surface area (Å²) < 4.78 is 5.64. The van der Waals surface area contributed by atoms with Crippen LogP contribution in [0.3, 0.4) is 0 Å². The molecule has 0 saturated carbocycles. The van der Waals surface area contributed by atoms with Gasteiger partial charge in [0.1, 0.15) is 6.10 Å². The Morgan fingerprint density at radius 2 is 1.43 bits per heavy atom. The zero-order valence-corrected chi connectivity index (χ0v) is 14.0. The normalized spacial score (nSPS) is 27.1. The highest BCUT2D eigenvalue weighted by molar-refractivity contribution is 4.87. The van der Waals surface area contributed by atoms with E-state index in [4.69, 9.17) is 4.74 Å². The van der Waals surface area contributed by atoms with Crippen molar-refractivity contribution >= 4 is 0 Å². The zero-order chi connectivity index (χ0) is 15.5. The largest absolute Gasteiger partial charge is 0.389 e. The van der Waals surface area contributed by atoms with Gasteiger partial charge in [-0.2, -0.15) is 0 Å². The van der Waals surface area contributed by atoms with Crippen molar-refractivity contribution in [3.63, 3.8) is 0 Å². The fraction of sp³-hybridized carbons (Fsp3) is 1.00. The molecule has 0 amide bonds. The lowest BCUT2D eigenvalue weighted by Crippen LogP contribution is -2.56. The second-order valence-electron chi connectivity index (χ2n) is 6.35. The van der Waals surface area contributed by atoms with Gasteiger partial charge in [-0.1, -0.05) is 52.4 Å². The molecule has 2 N–H and O–H groups in total. The van der Waals surface area contributed by atoms with E-state index in [0.717, 1.165) is 25.8 Å². The van der Waals surface area contributed by atoms with Crippen molar-refractivity contribution in [1.29, 1.82) is 0 Å². The van der Waals surface area contributed by atoms with Gasteiger partial charge in [0.05, 0.1) is 12.2 Å². The van der Waals surface area contributed by atoms with Crippen molar-refractivity contribution in [1.82, 2.24) is 4.90 Å². The predicted octanol–water partition coefficient (Wildman–Crippen LogP) is 2.57. The summed E-state index contributed by atoms with van der Waals surface area (Å²) in [7, 11) is 0. The van der Waals surface area contributed by atoms with Crippen LogP contribution in [-0.2, 0) is 4.74 Å². The third-order valence-corrected chi connectivity index (χ3v) is 4.29. The fourth-order valence-corrected chi connectivity index (χ4v) is 2.95. The summed E-state index contributed by atoms with van der Waals surface area (Å²) >= 11 is 0. The smallest absolute Gasteiger partial charge is 0.112 e. The minimum absolute atomic E-state index is 0.405. The van der Waals surface area contributed by atoms with E-state index in [9.17, 15) is 10.2 Å². The molecule has 0 aliphatic carbocycles. The van der Waals surface area contributed by atoms with Crippen molar-refractivity contribution in [3.05, 3.63) is 0 Å². The van der Waals surface area contributed by atoms with Crippen LogP contribution in [0.2, 0.25) is 0 Å². The number of rotatable bonds is 11. The molecule has 0 aromatic carbocycles. The number of β-amino-alcohol motifs (C(OH)–C–C–N with tert-alkyl or cyclic N) is 2. The highest BCUT2D eigenvalue weighted by Crippen LogP contribution is 2.17. The molecule has 2 unspecified atom stereocenters. The average Bonchev–Trinajstić information content (AvgIpc) is 2.45. The standard InChI is InChI=1S/C17H35NO3/c1-3-5-7-8-9-10-11-18-13-15(19)17(16(20)14-18)21-12-6-4-2/h15-17,19-20H,3-14H2,1-2H3/t15-,16?,17?/m1/s1. The summed E-state index contributed by atoms with van der Waals surface area (Å²) in [5, 5.41) is 20.3. The quantitative estimate of drug-likeness (QED) is 0.576. The van der Waals surface area contributed by atoms with Crippen LogP contribution in [-0.4, -0.2) is 59.7 Å². The SMILES string of the molecule is CCCCCCCCN1CC(O)C(OCCCC)[C@H](O)C1. The van der Waals surface area contributed by atoms with Gasteiger partial charge < -0.3 is 14.9 Å². The molecule has 0 radical (unpaired) electrons. The van der Waals surface area contributed by atoms with E-state index < -0.39 is 18.3 Å². The topological polar surface area (TPSA) is 52.9 Å². The second kappa shape index (κ2) is 11.4. The molecule has 3 atom stereocenters. The molecule has 0 bridgehead atoms. The molecule has 126 valence electrons. The van der Waals surface area contributed by atoms with E-state index in [1.54, 1.807) is 0 Å². The summed E-state index contributed by atoms with van der Waals surface area (Å²) in [6.07, 6.45) is 8.17. The first kappa shape index (κ1) is 18.9. The van der Waals surface area contributed by atoms with Crippen LogP contribution < -0.4 is 0 Å². The Morgan fingerprint density at radius 3 is 2.05 bits per heavy atom. The molecule has 4 nitrogen and oxygen atoms in total. The molecule has 0 aromatic heterocycles. The zero-order valence-electron chi connectivity index (χ0n) is 14.0. The van der Waals surface area contributed by atoms with Crippen LogP contribution in [0, 0.1) is 0 Å². The van der Waals surface area contributed by atoms with Crippen molar-refractivity contribution in [2.45, 2.75) is 83.5 Å². The molecule has 1 aliphatic rings. The molecule has 21 heavy (non-hydrogen) atoms. The van der Waals surface area contributed by atoms with Crippen LogP contribution in [0.1, 0.15) is 65.2 Å². The van der Waals surface area contributed by atoms with Gasteiger partial charge in [0.25, 0.3) is 0 Å². The van der Waals surface area contributed by atoms with E-state index in [0.29, 0.717) is 19.7 Å². The molecular formula is C17H35NO3. The van der Waals surface area contributed by atoms with Crippen LogP contribution in [0.15, 0.2) is 0 Å². The summed E-state index contributed by atoms with van der Waals surface area (Å²) in [5.41, 5.74) is 0. The minimum atomic E-state index is -0.564. The third kappa shape index (κ3) is 7.59. The first-order chi connectivity index (χ1) is 10.2. The molecule has 0 aromatic rings. The number of likely N-dealkylation sites (tertiary alicyclic amines) is 1. The van der Waals surface area contributed by atoms with Gasteiger partial charge in [-0.05, 0) is 19.4 Å². The number of aliphatic hydroxyl groups excluding tert-OH is 2. The van der Waals surface area contributed by atoms with E-state index >= 15 is 0 Å². The van der Waals surface area contributed by atoms with Gasteiger partial charge in [0.2, 0.25) is 0 Å². The predicted molar refractivity (Wildman–Crippen MR) is 86.5 cm³/mol. The monoisotopic (exact) mass is 301 g/mol. The third-order valence-electron chi connectivity index (χ3n) is 4.29. The number of nitrogens with zero attached hydrogens (tertiary/aromatic N) is 1. The van der Waals surface area contributed by atoms with E-state index in [1.165, 1.54) is 32.1 Å². The lowest BCUT2D eigenvalue weighted by Gasteiger charge is -2.39. The Bertz CT molecular complexity index is 238. The Hall–Kier alpha value is -0.160. The Balaban J connectivity index is 2.16. The Morgan fingerprint density at radius 1 is 0.857 bits per heavy atom. The molecule has 1 saturated heterocycles. The number of hydrogen-bond acceptors (Lipinski definition) is 4. The van der Waals surface area contributed by atoms with Crippen LogP contribution in [0.25, 0.3) is 0 Å². The number of ether oxygens (including phenoxy) is 1. The first-order valence-electron chi connectivity index (χ1n) is 8.89. The average molecular weight is 301 g/mol. The molecule has 1 rings (SSSR count). The van der Waals surface area contributed by atoms with Crippen LogP contribution >= 0.6 is 0 Å². The Labute approximate surface area is 130 Å². The number of hydrogen-bond donors (Lipinski definition) is 2. The maximum Gasteiger partial charge on any atom is 0.112 e. The van der Waals surface area contributed by atoms with Gasteiger partial charge in [0.15, 0.2) is 0 Å². The molecule has 1 aliphatic heterocycles. The van der Waals surface area contributed by atoms with Crippen molar-refractivity contribution < 1.29 is 14.9 Å². The maximum atomic E-state index is 10.2. The highest BCUT2D eigenvalue weighted by Gasteiger charge is 2.35. The molecule has 1 heterocycles. The van der Waals surface area contributed by atoms with Crippen LogP contribution in [0.4, 0.5) is 0 Å². The lowest BCUT2D eigenvalue weighted by atomic mass is 10.0. The summed E-state index contributed by atoms with van der Waals surface area (Å²) in [6.45, 7) is 7.20. The summed E-state index contributed by atoms with van der Waals surface area (Å²) in [4.78, 5) is 2.18. The van der Waals surface area contributed by atoms with Gasteiger partial charge >= 0.3 is 0 Å². The minimum Gasteiger partial charge on any atom is -0.389 e. The number of aliphatic hydroxyl groups is 2. The summed E-state index contributed by atoms with van der Waals surface area (Å²) in [6, 6.07) is 0. The van der Waals surface area contributed by atoms with Gasteiger partial charge in [-0.25, -0.2) is 0 Å². The van der Waals surface area contributed by atoms with Crippen molar-refractivity contribution in [2.24, 2.45) is 0 Å². The number of unbranched alkanes of at least 4 members (excludes halogenated alkanes) is 6. The van der Waals surface area contributed by atoms with Crippen LogP contribution in [0.5, 0.6) is 0 Å². The maximum absolute atomic E-state index is 10.2. The number of piperidine rings is 1. The van der Waals surface area contributed by atoms with E-state index in [1.807, 2.05) is 0 Å². The van der Waals surface area contributed by atoms with Crippen molar-refractivity contribution in [2.75, 3.05) is 26.2 Å². The van der Waals surface area contributed by atoms with E-state index in [2.05, 4.69) is 18.7 Å². The van der Waals surface area contributed by atoms with Gasteiger partial charge in [-0.3, -0.25) is 4.90 Å². The molecule has 1 fully saturated rings. The lowest BCUT2D eigenvalue weighted by molar-refractivity contribution is -0.139. The molecule has 0 spiro atoms. The Kier molecular flexibility index (Phi) is 10.3. The summed E-state index contributed by atoms with van der Waals surface area (Å²) in [5.74, 6) is 0. The van der Waals surface area contributed by atoms with Gasteiger partial charge in [-0.15, -0.1) is 0 Å².